The van der Waals surface area contributed by atoms with E-state index in [1.54, 1.807) is 40.5 Å². The molecule has 0 bridgehead atoms. The average molecular weight is 468 g/mol. The number of nitrogens with one attached hydrogen (secondary N) is 1. The van der Waals surface area contributed by atoms with E-state index in [-0.39, 0.29) is 4.90 Å². The normalized spacial score (nSPS) is 11.7. The maximum Gasteiger partial charge on any atom is 0.261 e. The molecular weight excluding hydrogens is 442 g/mol. The van der Waals surface area contributed by atoms with Gasteiger partial charge in [0, 0.05) is 21.8 Å². The van der Waals surface area contributed by atoms with Crippen molar-refractivity contribution in [1.29, 1.82) is 0 Å². The molecule has 4 aromatic rings. The summed E-state index contributed by atoms with van der Waals surface area (Å²) in [5.41, 5.74) is 3.71. The van der Waals surface area contributed by atoms with Gasteiger partial charge in [-0.25, -0.2) is 13.4 Å². The molecule has 0 spiro atoms. The van der Waals surface area contributed by atoms with Gasteiger partial charge in [0.2, 0.25) is 0 Å². The lowest BCUT2D eigenvalue weighted by molar-refractivity contribution is 0.601. The van der Waals surface area contributed by atoms with Crippen LogP contribution in [0.5, 0.6) is 0 Å². The molecule has 32 heavy (non-hydrogen) atoms. The van der Waals surface area contributed by atoms with Gasteiger partial charge in [-0.15, -0.1) is 0 Å². The number of benzene rings is 2. The molecule has 166 valence electrons. The van der Waals surface area contributed by atoms with Crippen molar-refractivity contribution in [3.8, 4) is 0 Å². The van der Waals surface area contributed by atoms with Crippen molar-refractivity contribution >= 4 is 33.3 Å². The number of anilines is 1. The molecule has 0 saturated heterocycles. The lowest BCUT2D eigenvalue weighted by Crippen LogP contribution is -2.12. The largest absolute Gasteiger partial charge is 0.280 e. The minimum absolute atomic E-state index is 0.248. The van der Waals surface area contributed by atoms with Crippen LogP contribution in [0.15, 0.2) is 69.7 Å². The van der Waals surface area contributed by atoms with Crippen LogP contribution in [0.4, 0.5) is 5.69 Å². The van der Waals surface area contributed by atoms with Crippen LogP contribution in [0.1, 0.15) is 37.1 Å². The van der Waals surface area contributed by atoms with Gasteiger partial charge in [0.15, 0.2) is 0 Å². The number of hydrogen-bond acceptors (Lipinski definition) is 6. The van der Waals surface area contributed by atoms with Gasteiger partial charge in [0.1, 0.15) is 11.4 Å². The molecule has 2 heterocycles. The van der Waals surface area contributed by atoms with E-state index >= 15 is 0 Å². The number of nitrogens with zero attached hydrogens (tertiary/aromatic N) is 4. The fraction of sp³-hybridized carbons (Fsp3) is 0.261. The van der Waals surface area contributed by atoms with Crippen molar-refractivity contribution in [3.05, 3.63) is 71.7 Å². The molecule has 0 aliphatic rings. The van der Waals surface area contributed by atoms with Crippen molar-refractivity contribution in [2.45, 2.75) is 54.9 Å². The van der Waals surface area contributed by atoms with Crippen LogP contribution in [0.2, 0.25) is 0 Å². The quantitative estimate of drug-likeness (QED) is 0.371. The van der Waals surface area contributed by atoms with Gasteiger partial charge in [0.05, 0.1) is 4.90 Å². The van der Waals surface area contributed by atoms with E-state index < -0.39 is 10.0 Å². The number of aromatic nitrogens is 4. The van der Waals surface area contributed by atoms with Crippen molar-refractivity contribution in [2.24, 2.45) is 0 Å². The van der Waals surface area contributed by atoms with Crippen molar-refractivity contribution in [1.82, 2.24) is 19.6 Å². The van der Waals surface area contributed by atoms with Gasteiger partial charge >= 0.3 is 0 Å². The summed E-state index contributed by atoms with van der Waals surface area (Å²) < 4.78 is 29.8. The summed E-state index contributed by atoms with van der Waals surface area (Å²) in [7, 11) is -3.64. The van der Waals surface area contributed by atoms with Crippen LogP contribution < -0.4 is 4.72 Å². The number of hydrogen-bond donors (Lipinski definition) is 1. The highest BCUT2D eigenvalue weighted by Gasteiger charge is 2.16. The van der Waals surface area contributed by atoms with Crippen molar-refractivity contribution in [2.75, 3.05) is 4.72 Å². The first-order valence-corrected chi connectivity index (χ1v) is 12.8. The van der Waals surface area contributed by atoms with E-state index in [2.05, 4.69) is 26.7 Å². The third kappa shape index (κ3) is 4.63. The monoisotopic (exact) mass is 467 g/mol. The Morgan fingerprint density at radius 3 is 2.41 bits per heavy atom. The molecule has 2 aromatic heterocycles. The third-order valence-electron chi connectivity index (χ3n) is 5.15. The fourth-order valence-electron chi connectivity index (χ4n) is 3.42. The summed E-state index contributed by atoms with van der Waals surface area (Å²) in [6.45, 7) is 6.17. The van der Waals surface area contributed by atoms with Gasteiger partial charge in [0.25, 0.3) is 15.8 Å². The second kappa shape index (κ2) is 9.30. The molecule has 0 unspecified atom stereocenters. The summed E-state index contributed by atoms with van der Waals surface area (Å²) >= 11 is 1.57. The van der Waals surface area contributed by atoms with E-state index in [0.29, 0.717) is 11.5 Å². The van der Waals surface area contributed by atoms with E-state index in [4.69, 9.17) is 0 Å². The summed E-state index contributed by atoms with van der Waals surface area (Å²) in [5, 5.41) is 5.32. The van der Waals surface area contributed by atoms with Crippen LogP contribution in [0, 0.1) is 6.92 Å². The Bertz CT molecular complexity index is 1330. The molecule has 9 heteroatoms. The van der Waals surface area contributed by atoms with E-state index in [9.17, 15) is 8.42 Å². The molecule has 4 rings (SSSR count). The molecule has 0 fully saturated rings. The van der Waals surface area contributed by atoms with Crippen molar-refractivity contribution in [3.63, 3.8) is 0 Å². The third-order valence-corrected chi connectivity index (χ3v) is 7.67. The first-order chi connectivity index (χ1) is 15.4. The number of aryl methyl sites for hydroxylation is 2. The van der Waals surface area contributed by atoms with E-state index in [0.717, 1.165) is 46.0 Å². The SMILES string of the molecule is CCCc1c(C)nc2ncnn2c1Sc1ccc(NS(=O)(=O)c2ccc(CC)cc2)cc1. The molecule has 0 saturated carbocycles. The van der Waals surface area contributed by atoms with Crippen LogP contribution in [0.25, 0.3) is 5.78 Å². The Hall–Kier alpha value is -2.91. The Kier molecular flexibility index (Phi) is 6.48. The van der Waals surface area contributed by atoms with Crippen LogP contribution in [-0.2, 0) is 22.9 Å². The molecule has 2 aromatic carbocycles. The summed E-state index contributed by atoms with van der Waals surface area (Å²) in [5.74, 6) is 0.573. The van der Waals surface area contributed by atoms with Gasteiger partial charge in [-0.2, -0.15) is 14.6 Å². The minimum Gasteiger partial charge on any atom is -0.280 e. The molecule has 7 nitrogen and oxygen atoms in total. The molecule has 0 aliphatic heterocycles. The molecular formula is C23H25N5O2S2. The van der Waals surface area contributed by atoms with Crippen molar-refractivity contribution < 1.29 is 8.42 Å². The number of fused-ring (bicyclic) bond motifs is 1. The topological polar surface area (TPSA) is 89.2 Å². The predicted octanol–water partition coefficient (Wildman–Crippen LogP) is 4.90. The molecule has 0 amide bonds. The predicted molar refractivity (Wildman–Crippen MR) is 127 cm³/mol. The Balaban J connectivity index is 1.57. The highest BCUT2D eigenvalue weighted by Crippen LogP contribution is 2.33. The number of rotatable bonds is 8. The summed E-state index contributed by atoms with van der Waals surface area (Å²) in [4.78, 5) is 10.00. The maximum absolute atomic E-state index is 12.7. The molecule has 0 aliphatic carbocycles. The average Bonchev–Trinajstić information content (AvgIpc) is 3.25. The second-order valence-corrected chi connectivity index (χ2v) is 10.2. The van der Waals surface area contributed by atoms with Gasteiger partial charge in [-0.1, -0.05) is 44.2 Å². The van der Waals surface area contributed by atoms with Gasteiger partial charge in [-0.3, -0.25) is 4.72 Å². The molecule has 1 N–H and O–H groups in total. The Morgan fingerprint density at radius 2 is 1.75 bits per heavy atom. The zero-order valence-electron chi connectivity index (χ0n) is 18.2. The smallest absolute Gasteiger partial charge is 0.261 e. The lowest BCUT2D eigenvalue weighted by atomic mass is 10.1. The van der Waals surface area contributed by atoms with E-state index in [1.165, 1.54) is 6.33 Å². The number of sulfonamides is 1. The first kappa shape index (κ1) is 22.3. The highest BCUT2D eigenvalue weighted by molar-refractivity contribution is 7.99. The maximum atomic E-state index is 12.7. The molecule has 0 radical (unpaired) electrons. The molecule has 0 atom stereocenters. The standard InChI is InChI=1S/C23H25N5O2S2/c1-4-6-21-16(3)26-23-24-15-25-28(23)22(21)31-19-11-9-18(10-12-19)27-32(29,30)20-13-7-17(5-2)8-14-20/h7-15,27H,4-6H2,1-3H3. The fourth-order valence-corrected chi connectivity index (χ4v) is 5.56. The zero-order chi connectivity index (χ0) is 22.7. The van der Waals surface area contributed by atoms with Crippen LogP contribution in [0.3, 0.4) is 0 Å². The van der Waals surface area contributed by atoms with Gasteiger partial charge < -0.3 is 0 Å². The minimum atomic E-state index is -3.64. The van der Waals surface area contributed by atoms with Crippen LogP contribution >= 0.6 is 11.8 Å². The summed E-state index contributed by atoms with van der Waals surface area (Å²) in [6, 6.07) is 14.3. The second-order valence-electron chi connectivity index (χ2n) is 7.43. The first-order valence-electron chi connectivity index (χ1n) is 10.5. The Morgan fingerprint density at radius 1 is 1.03 bits per heavy atom. The van der Waals surface area contributed by atoms with E-state index in [1.807, 2.05) is 38.1 Å². The van der Waals surface area contributed by atoms with Crippen LogP contribution in [-0.4, -0.2) is 28.0 Å². The Labute approximate surface area is 192 Å². The van der Waals surface area contributed by atoms with Gasteiger partial charge in [-0.05, 0) is 61.7 Å². The summed E-state index contributed by atoms with van der Waals surface area (Å²) in [6.07, 6.45) is 4.26. The lowest BCUT2D eigenvalue weighted by Gasteiger charge is -2.13. The zero-order valence-corrected chi connectivity index (χ0v) is 19.9. The highest BCUT2D eigenvalue weighted by atomic mass is 32.2.